The van der Waals surface area contributed by atoms with Crippen LogP contribution in [-0.2, 0) is 16.0 Å². The number of hydrogen-bond donors (Lipinski definition) is 2. The minimum Gasteiger partial charge on any atom is -0.480 e. The van der Waals surface area contributed by atoms with Gasteiger partial charge in [-0.05, 0) is 58.0 Å². The molecule has 0 aliphatic carbocycles. The minimum atomic E-state index is -0.829. The first-order chi connectivity index (χ1) is 17.6. The lowest BCUT2D eigenvalue weighted by molar-refractivity contribution is -0.145. The average molecular weight is 527 g/mol. The van der Waals surface area contributed by atoms with Crippen LogP contribution < -0.4 is 25.7 Å². The second-order valence-electron chi connectivity index (χ2n) is 9.03. The highest BCUT2D eigenvalue weighted by molar-refractivity contribution is 7.09. The molecule has 1 aliphatic rings. The molecule has 3 rings (SSSR count). The lowest BCUT2D eigenvalue weighted by atomic mass is 9.95. The van der Waals surface area contributed by atoms with Crippen LogP contribution in [0.1, 0.15) is 41.6 Å². The predicted molar refractivity (Wildman–Crippen MR) is 145 cm³/mol. The number of likely N-dealkylation sites (N-methyl/N-ethyl adjacent to an activating group) is 1. The number of amides is 3. The van der Waals surface area contributed by atoms with E-state index in [0.29, 0.717) is 13.0 Å². The highest BCUT2D eigenvalue weighted by Crippen LogP contribution is 2.24. The summed E-state index contributed by atoms with van der Waals surface area (Å²) in [5, 5.41) is 4.40. The molecule has 1 fully saturated rings. The molecule has 3 N–H and O–H groups in total. The monoisotopic (exact) mass is 526 g/mol. The van der Waals surface area contributed by atoms with Gasteiger partial charge in [-0.15, -0.1) is 11.3 Å². The molecular formula is C26H34N6O4S. The van der Waals surface area contributed by atoms with Crippen molar-refractivity contribution in [3.05, 3.63) is 44.9 Å². The molecule has 0 spiro atoms. The number of methoxy groups -OCH3 is 1. The van der Waals surface area contributed by atoms with Crippen LogP contribution >= 0.6 is 11.3 Å². The Morgan fingerprint density at radius 2 is 2.11 bits per heavy atom. The molecule has 198 valence electrons. The average Bonchev–Trinajstić information content (AvgIpc) is 3.28. The maximum absolute atomic E-state index is 13.2. The van der Waals surface area contributed by atoms with Gasteiger partial charge in [0.1, 0.15) is 5.56 Å². The van der Waals surface area contributed by atoms with Gasteiger partial charge >= 0.3 is 11.8 Å². The van der Waals surface area contributed by atoms with Crippen molar-refractivity contribution in [2.75, 3.05) is 39.6 Å². The van der Waals surface area contributed by atoms with E-state index in [4.69, 9.17) is 15.5 Å². The largest absolute Gasteiger partial charge is 0.480 e. The maximum atomic E-state index is 13.2. The van der Waals surface area contributed by atoms with Gasteiger partial charge in [0.25, 0.3) is 5.91 Å². The number of thiazole rings is 1. The molecule has 2 aromatic heterocycles. The summed E-state index contributed by atoms with van der Waals surface area (Å²) in [5.74, 6) is -2.23. The Morgan fingerprint density at radius 3 is 2.76 bits per heavy atom. The quantitative estimate of drug-likeness (QED) is 0.489. The third-order valence-corrected chi connectivity index (χ3v) is 7.23. The van der Waals surface area contributed by atoms with Crippen LogP contribution in [0.15, 0.2) is 24.4 Å². The summed E-state index contributed by atoms with van der Waals surface area (Å²) >= 11 is 1.65. The van der Waals surface area contributed by atoms with Crippen LogP contribution in [0.25, 0.3) is 12.2 Å². The summed E-state index contributed by atoms with van der Waals surface area (Å²) in [4.78, 5) is 50.2. The highest BCUT2D eigenvalue weighted by atomic mass is 32.1. The van der Waals surface area contributed by atoms with Gasteiger partial charge in [0.05, 0.1) is 39.9 Å². The van der Waals surface area contributed by atoms with E-state index >= 15 is 0 Å². The Balaban J connectivity index is 1.80. The summed E-state index contributed by atoms with van der Waals surface area (Å²) in [7, 11) is 5.42. The Hall–Kier alpha value is -3.57. The molecule has 2 aromatic rings. The summed E-state index contributed by atoms with van der Waals surface area (Å²) in [6.45, 7) is 7.56. The summed E-state index contributed by atoms with van der Waals surface area (Å²) in [6, 6.07) is 1.01. The van der Waals surface area contributed by atoms with Crippen LogP contribution in [0.2, 0.25) is 0 Å². The van der Waals surface area contributed by atoms with E-state index in [1.807, 2.05) is 33.2 Å². The van der Waals surface area contributed by atoms with E-state index in [-0.39, 0.29) is 23.2 Å². The Kier molecular flexibility index (Phi) is 9.54. The van der Waals surface area contributed by atoms with E-state index in [1.54, 1.807) is 16.2 Å². The fourth-order valence-electron chi connectivity index (χ4n) is 4.13. The second kappa shape index (κ2) is 12.6. The first-order valence-corrected chi connectivity index (χ1v) is 12.9. The number of nitrogens with zero attached hydrogens (tertiary/aromatic N) is 4. The fourth-order valence-corrected chi connectivity index (χ4v) is 5.05. The van der Waals surface area contributed by atoms with Crippen molar-refractivity contribution >= 4 is 46.9 Å². The molecule has 0 bridgehead atoms. The van der Waals surface area contributed by atoms with Crippen molar-refractivity contribution in [3.8, 4) is 5.88 Å². The third-order valence-electron chi connectivity index (χ3n) is 6.04. The third kappa shape index (κ3) is 7.01. The maximum Gasteiger partial charge on any atom is 0.313 e. The summed E-state index contributed by atoms with van der Waals surface area (Å²) < 4.78 is 6.07. The number of piperidine rings is 1. The summed E-state index contributed by atoms with van der Waals surface area (Å²) in [5.41, 5.74) is 6.27. The number of hydrogen-bond acceptors (Lipinski definition) is 8. The number of carbonyl (C=O) groups excluding carboxylic acids is 3. The van der Waals surface area contributed by atoms with Crippen molar-refractivity contribution < 1.29 is 19.1 Å². The van der Waals surface area contributed by atoms with Gasteiger partial charge in [-0.2, -0.15) is 0 Å². The number of likely N-dealkylation sites (tertiary alicyclic amines) is 1. The molecule has 3 amide bonds. The van der Waals surface area contributed by atoms with Gasteiger partial charge in [-0.1, -0.05) is 12.7 Å². The molecular weight excluding hydrogens is 492 g/mol. The zero-order valence-corrected chi connectivity index (χ0v) is 22.6. The molecule has 1 saturated heterocycles. The van der Waals surface area contributed by atoms with E-state index in [9.17, 15) is 14.4 Å². The molecule has 3 heterocycles. The molecule has 0 saturated carbocycles. The van der Waals surface area contributed by atoms with Gasteiger partial charge in [-0.25, -0.2) is 9.97 Å². The van der Waals surface area contributed by atoms with E-state index in [0.717, 1.165) is 46.3 Å². The van der Waals surface area contributed by atoms with Crippen LogP contribution in [0.3, 0.4) is 0 Å². The van der Waals surface area contributed by atoms with E-state index < -0.39 is 17.7 Å². The zero-order valence-electron chi connectivity index (χ0n) is 21.7. The smallest absolute Gasteiger partial charge is 0.313 e. The number of carbonyl (C=O) groups is 3. The van der Waals surface area contributed by atoms with Crippen LogP contribution in [0.5, 0.6) is 5.88 Å². The van der Waals surface area contributed by atoms with E-state index in [1.165, 1.54) is 19.4 Å². The Morgan fingerprint density at radius 1 is 1.35 bits per heavy atom. The van der Waals surface area contributed by atoms with Crippen molar-refractivity contribution in [3.63, 3.8) is 0 Å². The number of primary amides is 1. The molecule has 37 heavy (non-hydrogen) atoms. The number of ether oxygens (including phenoxy) is 1. The molecule has 0 aromatic carbocycles. The first kappa shape index (κ1) is 28.0. The predicted octanol–water partition coefficient (Wildman–Crippen LogP) is 0.907. The van der Waals surface area contributed by atoms with Crippen molar-refractivity contribution in [2.45, 2.75) is 38.6 Å². The van der Waals surface area contributed by atoms with Gasteiger partial charge in [0.2, 0.25) is 5.88 Å². The molecule has 1 atom stereocenters. The van der Waals surface area contributed by atoms with Gasteiger partial charge in [-0.3, -0.25) is 14.4 Å². The van der Waals surface area contributed by atoms with Crippen LogP contribution in [-0.4, -0.2) is 77.8 Å². The van der Waals surface area contributed by atoms with Gasteiger partial charge in [0.15, 0.2) is 0 Å². The van der Waals surface area contributed by atoms with Crippen molar-refractivity contribution in [1.29, 1.82) is 0 Å². The number of pyridine rings is 1. The fraction of sp³-hybridized carbons (Fsp3) is 0.423. The molecule has 0 unspecified atom stereocenters. The molecule has 11 heteroatoms. The molecule has 10 nitrogen and oxygen atoms in total. The first-order valence-electron chi connectivity index (χ1n) is 12.1. The summed E-state index contributed by atoms with van der Waals surface area (Å²) in [6.07, 6.45) is 8.51. The topological polar surface area (TPSA) is 131 Å². The standard InChI is InChI=1S/C26H34N6O4S/c1-6-21-19(30-22(37-21)10-12-31(3)4)13-16(2)20-9-7-8-11-32(20)26(35)24(34)29-17-14-18(23(27)33)25(36-5)28-15-17/h6,13-15,20H,2,7-12H2,1,3-5H3,(H2,27,33)(H,29,34)/b19-13+,21-6+/t20-/m0/s1. The zero-order chi connectivity index (χ0) is 27.1. The number of anilines is 1. The molecule has 0 radical (unpaired) electrons. The molecule has 1 aliphatic heterocycles. The number of nitrogens with one attached hydrogen (secondary N) is 1. The Bertz CT molecular complexity index is 1300. The van der Waals surface area contributed by atoms with Crippen molar-refractivity contribution in [2.24, 2.45) is 5.73 Å². The normalized spacial score (nSPS) is 16.7. The lowest BCUT2D eigenvalue weighted by Crippen LogP contribution is -2.49. The van der Waals surface area contributed by atoms with Crippen LogP contribution in [0, 0.1) is 0 Å². The lowest BCUT2D eigenvalue weighted by Gasteiger charge is -2.35. The minimum absolute atomic E-state index is 0.00308. The Labute approximate surface area is 220 Å². The number of aromatic nitrogens is 2. The van der Waals surface area contributed by atoms with E-state index in [2.05, 4.69) is 21.8 Å². The SMILES string of the molecule is C=C(/C=c1/nc(CCN(C)C)s/c1=C/C)[C@@H]1CCCCN1C(=O)C(=O)Nc1cnc(OC)c(C(N)=O)c1. The van der Waals surface area contributed by atoms with Gasteiger partial charge in [0, 0.05) is 19.5 Å². The second-order valence-corrected chi connectivity index (χ2v) is 10.1. The highest BCUT2D eigenvalue weighted by Gasteiger charge is 2.32. The van der Waals surface area contributed by atoms with Crippen LogP contribution in [0.4, 0.5) is 5.69 Å². The van der Waals surface area contributed by atoms with Crippen molar-refractivity contribution in [1.82, 2.24) is 19.8 Å². The number of rotatable bonds is 8. The van der Waals surface area contributed by atoms with Gasteiger partial charge < -0.3 is 25.6 Å². The number of nitrogens with two attached hydrogens (primary N) is 1.